The van der Waals surface area contributed by atoms with Gasteiger partial charge in [0.15, 0.2) is 0 Å². The molecule has 3 heterocycles. The van der Waals surface area contributed by atoms with Crippen LogP contribution in [0.5, 0.6) is 0 Å². The van der Waals surface area contributed by atoms with Crippen molar-refractivity contribution in [3.8, 4) is 11.4 Å². The molecule has 0 aliphatic carbocycles. The third-order valence-corrected chi connectivity index (χ3v) is 4.00. The van der Waals surface area contributed by atoms with Crippen LogP contribution in [0.15, 0.2) is 71.1 Å². The Labute approximate surface area is 131 Å². The summed E-state index contributed by atoms with van der Waals surface area (Å²) in [5.41, 5.74) is 3.84. The SMILES string of the molecule is c1ccc2nnc(-c3ccc4c(n3)oc3ccccc34)cc2c1. The highest BCUT2D eigenvalue weighted by molar-refractivity contribution is 6.03. The standard InChI is InChI=1S/C19H11N3O/c1-3-7-15-12(5-1)11-17(22-21-15)16-10-9-14-13-6-2-4-8-18(13)23-19(14)20-16/h1-11H. The molecule has 0 aliphatic rings. The maximum absolute atomic E-state index is 5.84. The number of benzene rings is 2. The van der Waals surface area contributed by atoms with E-state index in [1.54, 1.807) is 0 Å². The zero-order valence-corrected chi connectivity index (χ0v) is 12.1. The summed E-state index contributed by atoms with van der Waals surface area (Å²) >= 11 is 0. The number of rotatable bonds is 1. The van der Waals surface area contributed by atoms with Gasteiger partial charge >= 0.3 is 0 Å². The number of hydrogen-bond donors (Lipinski definition) is 0. The minimum absolute atomic E-state index is 0.624. The van der Waals surface area contributed by atoms with Gasteiger partial charge < -0.3 is 4.42 Å². The lowest BCUT2D eigenvalue weighted by Gasteiger charge is -2.01. The molecule has 5 rings (SSSR count). The third-order valence-electron chi connectivity index (χ3n) is 4.00. The highest BCUT2D eigenvalue weighted by Gasteiger charge is 2.10. The predicted octanol–water partition coefficient (Wildman–Crippen LogP) is 4.59. The van der Waals surface area contributed by atoms with Crippen molar-refractivity contribution in [3.63, 3.8) is 0 Å². The molecule has 3 aromatic heterocycles. The molecule has 0 atom stereocenters. The highest BCUT2D eigenvalue weighted by Crippen LogP contribution is 2.29. The zero-order valence-electron chi connectivity index (χ0n) is 12.1. The van der Waals surface area contributed by atoms with Crippen LogP contribution in [0, 0.1) is 0 Å². The van der Waals surface area contributed by atoms with E-state index in [-0.39, 0.29) is 0 Å². The number of para-hydroxylation sites is 1. The zero-order chi connectivity index (χ0) is 15.2. The summed E-state index contributed by atoms with van der Waals surface area (Å²) < 4.78 is 5.84. The summed E-state index contributed by atoms with van der Waals surface area (Å²) in [6.07, 6.45) is 0. The second-order valence-corrected chi connectivity index (χ2v) is 5.44. The smallest absolute Gasteiger partial charge is 0.227 e. The first-order chi connectivity index (χ1) is 11.4. The molecule has 0 unspecified atom stereocenters. The Hall–Kier alpha value is -3.27. The number of nitrogens with zero attached hydrogens (tertiary/aromatic N) is 3. The molecule has 0 aliphatic heterocycles. The summed E-state index contributed by atoms with van der Waals surface area (Å²) in [7, 11) is 0. The van der Waals surface area contributed by atoms with Crippen molar-refractivity contribution in [2.24, 2.45) is 0 Å². The van der Waals surface area contributed by atoms with Gasteiger partial charge in [0.25, 0.3) is 0 Å². The van der Waals surface area contributed by atoms with Gasteiger partial charge in [-0.2, -0.15) is 0 Å². The lowest BCUT2D eigenvalue weighted by atomic mass is 10.1. The monoisotopic (exact) mass is 297 g/mol. The lowest BCUT2D eigenvalue weighted by molar-refractivity contribution is 0.654. The van der Waals surface area contributed by atoms with Crippen LogP contribution in [-0.2, 0) is 0 Å². The van der Waals surface area contributed by atoms with Crippen LogP contribution in [-0.4, -0.2) is 15.2 Å². The van der Waals surface area contributed by atoms with E-state index in [1.165, 1.54) is 0 Å². The van der Waals surface area contributed by atoms with Crippen molar-refractivity contribution in [3.05, 3.63) is 66.7 Å². The van der Waals surface area contributed by atoms with Crippen LogP contribution in [0.3, 0.4) is 0 Å². The van der Waals surface area contributed by atoms with Gasteiger partial charge in [-0.3, -0.25) is 0 Å². The van der Waals surface area contributed by atoms with Gasteiger partial charge in [0.2, 0.25) is 5.71 Å². The number of aromatic nitrogens is 3. The van der Waals surface area contributed by atoms with E-state index in [0.29, 0.717) is 5.71 Å². The Kier molecular flexibility index (Phi) is 2.46. The lowest BCUT2D eigenvalue weighted by Crippen LogP contribution is -1.91. The Balaban J connectivity index is 1.73. The summed E-state index contributed by atoms with van der Waals surface area (Å²) in [6.45, 7) is 0. The fourth-order valence-corrected chi connectivity index (χ4v) is 2.86. The average Bonchev–Trinajstić information content (AvgIpc) is 2.99. The molecule has 0 saturated carbocycles. The van der Waals surface area contributed by atoms with Crippen molar-refractivity contribution in [2.75, 3.05) is 0 Å². The van der Waals surface area contributed by atoms with E-state index in [2.05, 4.69) is 15.2 Å². The van der Waals surface area contributed by atoms with E-state index in [0.717, 1.165) is 38.6 Å². The fourth-order valence-electron chi connectivity index (χ4n) is 2.86. The van der Waals surface area contributed by atoms with Crippen molar-refractivity contribution in [1.82, 2.24) is 15.2 Å². The second-order valence-electron chi connectivity index (χ2n) is 5.44. The van der Waals surface area contributed by atoms with Gasteiger partial charge in [0.1, 0.15) is 11.3 Å². The Morgan fingerprint density at radius 3 is 2.57 bits per heavy atom. The Morgan fingerprint density at radius 2 is 1.57 bits per heavy atom. The molecule has 0 saturated heterocycles. The van der Waals surface area contributed by atoms with Gasteiger partial charge in [-0.15, -0.1) is 10.2 Å². The van der Waals surface area contributed by atoms with E-state index >= 15 is 0 Å². The molecular weight excluding hydrogens is 286 g/mol. The van der Waals surface area contributed by atoms with Crippen LogP contribution in [0.1, 0.15) is 0 Å². The van der Waals surface area contributed by atoms with Crippen molar-refractivity contribution in [1.29, 1.82) is 0 Å². The molecule has 5 aromatic rings. The highest BCUT2D eigenvalue weighted by atomic mass is 16.3. The van der Waals surface area contributed by atoms with Crippen molar-refractivity contribution in [2.45, 2.75) is 0 Å². The summed E-state index contributed by atoms with van der Waals surface area (Å²) in [5.74, 6) is 0. The average molecular weight is 297 g/mol. The van der Waals surface area contributed by atoms with E-state index < -0.39 is 0 Å². The van der Waals surface area contributed by atoms with Crippen LogP contribution in [0.4, 0.5) is 0 Å². The molecule has 4 heteroatoms. The number of hydrogen-bond acceptors (Lipinski definition) is 4. The molecule has 0 radical (unpaired) electrons. The van der Waals surface area contributed by atoms with E-state index in [9.17, 15) is 0 Å². The molecule has 0 fully saturated rings. The first-order valence-corrected chi connectivity index (χ1v) is 7.40. The number of pyridine rings is 1. The summed E-state index contributed by atoms with van der Waals surface area (Å²) in [4.78, 5) is 4.62. The van der Waals surface area contributed by atoms with E-state index in [1.807, 2.05) is 66.7 Å². The van der Waals surface area contributed by atoms with Crippen molar-refractivity contribution < 1.29 is 4.42 Å². The van der Waals surface area contributed by atoms with E-state index in [4.69, 9.17) is 4.42 Å². The minimum Gasteiger partial charge on any atom is -0.438 e. The molecule has 23 heavy (non-hydrogen) atoms. The number of fused-ring (bicyclic) bond motifs is 4. The van der Waals surface area contributed by atoms with Crippen LogP contribution >= 0.6 is 0 Å². The maximum Gasteiger partial charge on any atom is 0.227 e. The Morgan fingerprint density at radius 1 is 0.696 bits per heavy atom. The van der Waals surface area contributed by atoms with Crippen LogP contribution < -0.4 is 0 Å². The van der Waals surface area contributed by atoms with Gasteiger partial charge in [-0.25, -0.2) is 4.98 Å². The van der Waals surface area contributed by atoms with Gasteiger partial charge in [0, 0.05) is 16.2 Å². The van der Waals surface area contributed by atoms with Crippen molar-refractivity contribution >= 4 is 33.0 Å². The summed E-state index contributed by atoms with van der Waals surface area (Å²) in [6, 6.07) is 21.8. The molecule has 4 nitrogen and oxygen atoms in total. The molecule has 0 amide bonds. The van der Waals surface area contributed by atoms with Gasteiger partial charge in [0.05, 0.1) is 11.2 Å². The first kappa shape index (κ1) is 12.3. The van der Waals surface area contributed by atoms with Gasteiger partial charge in [-0.1, -0.05) is 36.4 Å². The predicted molar refractivity (Wildman–Crippen MR) is 90.0 cm³/mol. The minimum atomic E-state index is 0.624. The number of furan rings is 1. The molecule has 0 bridgehead atoms. The second kappa shape index (κ2) is 4.61. The molecule has 108 valence electrons. The molecule has 0 N–H and O–H groups in total. The van der Waals surface area contributed by atoms with Crippen LogP contribution in [0.25, 0.3) is 44.4 Å². The summed E-state index contributed by atoms with van der Waals surface area (Å²) in [5, 5.41) is 11.7. The molecular formula is C19H11N3O. The quantitative estimate of drug-likeness (QED) is 0.454. The first-order valence-electron chi connectivity index (χ1n) is 7.40. The topological polar surface area (TPSA) is 51.8 Å². The largest absolute Gasteiger partial charge is 0.438 e. The normalized spacial score (nSPS) is 11.5. The maximum atomic E-state index is 5.84. The molecule has 0 spiro atoms. The fraction of sp³-hybridized carbons (Fsp3) is 0. The van der Waals surface area contributed by atoms with Crippen LogP contribution in [0.2, 0.25) is 0 Å². The molecule has 2 aromatic carbocycles. The third kappa shape index (κ3) is 1.89. The van der Waals surface area contributed by atoms with Gasteiger partial charge in [-0.05, 0) is 30.3 Å². The Bertz CT molecular complexity index is 1180.